The first-order valence-electron chi connectivity index (χ1n) is 5.79. The number of hydrogen-bond donors (Lipinski definition) is 2. The van der Waals surface area contributed by atoms with Crippen LogP contribution in [0.1, 0.15) is 16.1 Å². The third-order valence-corrected chi connectivity index (χ3v) is 3.74. The molecular weight excluding hydrogens is 278 g/mol. The molecule has 0 saturated heterocycles. The zero-order valence-electron chi connectivity index (χ0n) is 10.7. The van der Waals surface area contributed by atoms with E-state index in [0.29, 0.717) is 0 Å². The van der Waals surface area contributed by atoms with Crippen LogP contribution in [0.3, 0.4) is 0 Å². The normalized spacial score (nSPS) is 11.1. The van der Waals surface area contributed by atoms with Gasteiger partial charge < -0.3 is 0 Å². The Morgan fingerprint density at radius 1 is 1.15 bits per heavy atom. The van der Waals surface area contributed by atoms with Crippen LogP contribution in [0.2, 0.25) is 0 Å². The Kier molecular flexibility index (Phi) is 4.11. The van der Waals surface area contributed by atoms with E-state index in [2.05, 4.69) is 10.4 Å². The van der Waals surface area contributed by atoms with Crippen LogP contribution in [-0.4, -0.2) is 19.3 Å². The number of aromatic nitrogens is 1. The Hall–Kier alpha value is -2.25. The van der Waals surface area contributed by atoms with Gasteiger partial charge in [0, 0.05) is 6.20 Å². The first-order chi connectivity index (χ1) is 9.49. The highest BCUT2D eigenvalue weighted by Crippen LogP contribution is 2.09. The lowest BCUT2D eigenvalue weighted by molar-refractivity contribution is 0.0940. The topological polar surface area (TPSA) is 88.2 Å². The Morgan fingerprint density at radius 2 is 1.95 bits per heavy atom. The molecule has 7 heteroatoms. The van der Waals surface area contributed by atoms with Gasteiger partial charge >= 0.3 is 0 Å². The number of sulfonamides is 1. The van der Waals surface area contributed by atoms with Crippen LogP contribution in [0.15, 0.2) is 53.6 Å². The molecule has 0 radical (unpaired) electrons. The highest BCUT2D eigenvalue weighted by Gasteiger charge is 2.15. The van der Waals surface area contributed by atoms with E-state index in [-0.39, 0.29) is 10.6 Å². The van der Waals surface area contributed by atoms with Gasteiger partial charge in [0.25, 0.3) is 15.9 Å². The van der Waals surface area contributed by atoms with E-state index in [0.717, 1.165) is 5.56 Å². The molecule has 104 valence electrons. The molecule has 2 rings (SSSR count). The second-order valence-corrected chi connectivity index (χ2v) is 5.77. The monoisotopic (exact) mass is 291 g/mol. The smallest absolute Gasteiger partial charge is 0.272 e. The van der Waals surface area contributed by atoms with Gasteiger partial charge in [0.2, 0.25) is 0 Å². The van der Waals surface area contributed by atoms with Crippen LogP contribution in [0.25, 0.3) is 0 Å². The number of nitrogens with one attached hydrogen (secondary N) is 2. The van der Waals surface area contributed by atoms with Crippen molar-refractivity contribution >= 4 is 15.9 Å². The van der Waals surface area contributed by atoms with Gasteiger partial charge in [0.1, 0.15) is 5.69 Å². The Labute approximate surface area is 116 Å². The van der Waals surface area contributed by atoms with Crippen LogP contribution < -0.4 is 10.3 Å². The van der Waals surface area contributed by atoms with E-state index in [1.54, 1.807) is 31.2 Å². The third kappa shape index (κ3) is 3.40. The largest absolute Gasteiger partial charge is 0.284 e. The highest BCUT2D eigenvalue weighted by molar-refractivity contribution is 7.89. The lowest BCUT2D eigenvalue weighted by Crippen LogP contribution is -2.41. The number of benzene rings is 1. The Balaban J connectivity index is 2.09. The van der Waals surface area contributed by atoms with Crippen LogP contribution in [0, 0.1) is 6.92 Å². The molecule has 2 N–H and O–H groups in total. The predicted octanol–water partition coefficient (Wildman–Crippen LogP) is 1.01. The number of nitrogens with zero attached hydrogens (tertiary/aromatic N) is 1. The van der Waals surface area contributed by atoms with Gasteiger partial charge in [0.05, 0.1) is 4.90 Å². The van der Waals surface area contributed by atoms with Crippen molar-refractivity contribution in [1.29, 1.82) is 0 Å². The average Bonchev–Trinajstić information content (AvgIpc) is 2.46. The molecule has 0 unspecified atom stereocenters. The summed E-state index contributed by atoms with van der Waals surface area (Å²) in [6.45, 7) is 1.78. The van der Waals surface area contributed by atoms with Crippen molar-refractivity contribution in [1.82, 2.24) is 15.2 Å². The van der Waals surface area contributed by atoms with Crippen LogP contribution in [-0.2, 0) is 10.0 Å². The van der Waals surface area contributed by atoms with Crippen LogP contribution >= 0.6 is 0 Å². The molecule has 0 atom stereocenters. The highest BCUT2D eigenvalue weighted by atomic mass is 32.2. The minimum atomic E-state index is -3.80. The van der Waals surface area contributed by atoms with Crippen molar-refractivity contribution in [3.8, 4) is 0 Å². The van der Waals surface area contributed by atoms with Crippen LogP contribution in [0.5, 0.6) is 0 Å². The molecule has 0 saturated carbocycles. The molecule has 1 heterocycles. The minimum absolute atomic E-state index is 0.0822. The van der Waals surface area contributed by atoms with E-state index < -0.39 is 15.9 Å². The molecule has 0 spiro atoms. The number of hydrogen-bond acceptors (Lipinski definition) is 4. The van der Waals surface area contributed by atoms with Gasteiger partial charge in [-0.15, -0.1) is 4.83 Å². The van der Waals surface area contributed by atoms with Crippen molar-refractivity contribution in [2.75, 3.05) is 0 Å². The second-order valence-electron chi connectivity index (χ2n) is 4.09. The lowest BCUT2D eigenvalue weighted by Gasteiger charge is -2.08. The standard InChI is InChI=1S/C13H13N3O3S/c1-10-5-4-6-11(9-10)20(18,19)16-15-13(17)12-7-2-3-8-14-12/h2-9,16H,1H3,(H,15,17). The van der Waals surface area contributed by atoms with Gasteiger partial charge in [-0.25, -0.2) is 8.42 Å². The zero-order valence-corrected chi connectivity index (χ0v) is 11.5. The second kappa shape index (κ2) is 5.81. The predicted molar refractivity (Wildman–Crippen MR) is 73.2 cm³/mol. The molecule has 20 heavy (non-hydrogen) atoms. The van der Waals surface area contributed by atoms with E-state index in [4.69, 9.17) is 0 Å². The molecule has 0 aliphatic heterocycles. The Morgan fingerprint density at radius 3 is 2.60 bits per heavy atom. The number of rotatable bonds is 4. The molecule has 1 aromatic heterocycles. The number of carbonyl (C=O) groups is 1. The van der Waals surface area contributed by atoms with Crippen molar-refractivity contribution in [2.24, 2.45) is 0 Å². The SMILES string of the molecule is Cc1cccc(S(=O)(=O)NNC(=O)c2ccccn2)c1. The summed E-state index contributed by atoms with van der Waals surface area (Å²) in [7, 11) is -3.80. The number of hydrazine groups is 1. The number of aryl methyl sites for hydroxylation is 1. The van der Waals surface area contributed by atoms with Gasteiger partial charge in [0.15, 0.2) is 0 Å². The molecule has 0 aliphatic carbocycles. The summed E-state index contributed by atoms with van der Waals surface area (Å²) >= 11 is 0. The quantitative estimate of drug-likeness (QED) is 0.823. The molecule has 0 fully saturated rings. The number of amides is 1. The number of pyridine rings is 1. The van der Waals surface area contributed by atoms with Crippen molar-refractivity contribution < 1.29 is 13.2 Å². The molecule has 1 amide bonds. The minimum Gasteiger partial charge on any atom is -0.272 e. The van der Waals surface area contributed by atoms with E-state index in [1.807, 2.05) is 4.83 Å². The van der Waals surface area contributed by atoms with E-state index in [9.17, 15) is 13.2 Å². The summed E-state index contributed by atoms with van der Waals surface area (Å²) in [6, 6.07) is 11.1. The fourth-order valence-corrected chi connectivity index (χ4v) is 2.46. The zero-order chi connectivity index (χ0) is 14.6. The molecule has 0 aliphatic rings. The number of carbonyl (C=O) groups excluding carboxylic acids is 1. The summed E-state index contributed by atoms with van der Waals surface area (Å²) in [5, 5.41) is 0. The maximum atomic E-state index is 12.0. The maximum absolute atomic E-state index is 12.0. The fourth-order valence-electron chi connectivity index (χ4n) is 1.52. The maximum Gasteiger partial charge on any atom is 0.284 e. The molecule has 6 nitrogen and oxygen atoms in total. The summed E-state index contributed by atoms with van der Waals surface area (Å²) < 4.78 is 23.9. The molecule has 1 aromatic carbocycles. The fraction of sp³-hybridized carbons (Fsp3) is 0.0769. The van der Waals surface area contributed by atoms with Gasteiger partial charge in [-0.3, -0.25) is 15.2 Å². The summed E-state index contributed by atoms with van der Waals surface area (Å²) in [5.41, 5.74) is 3.05. The average molecular weight is 291 g/mol. The first kappa shape index (κ1) is 14.2. The Bertz CT molecular complexity index is 715. The molecular formula is C13H13N3O3S. The molecule has 0 bridgehead atoms. The third-order valence-electron chi connectivity index (χ3n) is 2.50. The van der Waals surface area contributed by atoms with Gasteiger partial charge in [-0.2, -0.15) is 0 Å². The summed E-state index contributed by atoms with van der Waals surface area (Å²) in [6.07, 6.45) is 1.45. The van der Waals surface area contributed by atoms with Crippen molar-refractivity contribution in [2.45, 2.75) is 11.8 Å². The van der Waals surface area contributed by atoms with Crippen molar-refractivity contribution in [3.05, 3.63) is 59.9 Å². The van der Waals surface area contributed by atoms with E-state index in [1.165, 1.54) is 24.4 Å². The van der Waals surface area contributed by atoms with Gasteiger partial charge in [-0.1, -0.05) is 18.2 Å². The van der Waals surface area contributed by atoms with Crippen molar-refractivity contribution in [3.63, 3.8) is 0 Å². The molecule has 2 aromatic rings. The van der Waals surface area contributed by atoms with Crippen LogP contribution in [0.4, 0.5) is 0 Å². The summed E-state index contributed by atoms with van der Waals surface area (Å²) in [5.74, 6) is -0.623. The van der Waals surface area contributed by atoms with E-state index >= 15 is 0 Å². The van der Waals surface area contributed by atoms with Gasteiger partial charge in [-0.05, 0) is 36.8 Å². The first-order valence-corrected chi connectivity index (χ1v) is 7.27. The lowest BCUT2D eigenvalue weighted by atomic mass is 10.2. The summed E-state index contributed by atoms with van der Waals surface area (Å²) in [4.78, 5) is 17.6.